The first-order valence-corrected chi connectivity index (χ1v) is 7.71. The Balaban J connectivity index is 2.41. The zero-order chi connectivity index (χ0) is 14.4. The molecule has 2 aromatic rings. The summed E-state index contributed by atoms with van der Waals surface area (Å²) in [4.78, 5) is 2.34. The maximum atomic E-state index is 10.4. The lowest BCUT2D eigenvalue weighted by molar-refractivity contribution is 0.481. The summed E-state index contributed by atoms with van der Waals surface area (Å²) in [5, 5.41) is 12.5. The fourth-order valence-corrected chi connectivity index (χ4v) is 4.02. The second-order valence-corrected chi connectivity index (χ2v) is 5.92. The molecular weight excluding hydrogens is 270 g/mol. The molecule has 0 radical (unpaired) electrons. The standard InChI is InChI=1S/C17H20ClNO/c1-4-19-11(3)13(9-18)17-14(19)8-15(20)12-7-5-6-10(2)16(12)17/h5-8,11,13,20H,4,9H2,1-3H3/t11-,13+/m0/s1. The molecule has 106 valence electrons. The second kappa shape index (κ2) is 4.85. The van der Waals surface area contributed by atoms with E-state index in [9.17, 15) is 5.11 Å². The van der Waals surface area contributed by atoms with E-state index in [-0.39, 0.29) is 0 Å². The summed E-state index contributed by atoms with van der Waals surface area (Å²) in [5.41, 5.74) is 3.65. The quantitative estimate of drug-likeness (QED) is 0.828. The first-order valence-electron chi connectivity index (χ1n) is 7.17. The van der Waals surface area contributed by atoms with Gasteiger partial charge in [-0.1, -0.05) is 18.2 Å². The Kier molecular flexibility index (Phi) is 3.29. The molecule has 0 saturated heterocycles. The molecule has 3 rings (SSSR count). The number of hydrogen-bond donors (Lipinski definition) is 1. The Bertz CT molecular complexity index is 668. The van der Waals surface area contributed by atoms with Gasteiger partial charge < -0.3 is 10.0 Å². The number of aromatic hydroxyl groups is 1. The molecule has 2 aromatic carbocycles. The molecule has 2 nitrogen and oxygen atoms in total. The topological polar surface area (TPSA) is 23.5 Å². The molecule has 20 heavy (non-hydrogen) atoms. The van der Waals surface area contributed by atoms with Gasteiger partial charge in [0.15, 0.2) is 0 Å². The van der Waals surface area contributed by atoms with E-state index in [1.165, 1.54) is 16.5 Å². The number of benzene rings is 2. The van der Waals surface area contributed by atoms with Gasteiger partial charge in [0, 0.05) is 41.5 Å². The number of halogens is 1. The molecule has 1 aliphatic heterocycles. The SMILES string of the molecule is CCN1c2cc(O)c3cccc(C)c3c2[C@H](CCl)[C@@H]1C. The molecule has 0 unspecified atom stereocenters. The first-order chi connectivity index (χ1) is 9.60. The third kappa shape index (κ3) is 1.71. The molecule has 0 spiro atoms. The van der Waals surface area contributed by atoms with Crippen molar-refractivity contribution in [2.75, 3.05) is 17.3 Å². The Labute approximate surface area is 125 Å². The molecule has 0 aliphatic carbocycles. The predicted molar refractivity (Wildman–Crippen MR) is 86.3 cm³/mol. The van der Waals surface area contributed by atoms with Crippen molar-refractivity contribution in [2.45, 2.75) is 32.7 Å². The molecule has 1 N–H and O–H groups in total. The van der Waals surface area contributed by atoms with Gasteiger partial charge >= 0.3 is 0 Å². The van der Waals surface area contributed by atoms with Gasteiger partial charge in [-0.05, 0) is 37.3 Å². The molecular formula is C17H20ClNO. The van der Waals surface area contributed by atoms with Gasteiger partial charge in [-0.2, -0.15) is 0 Å². The largest absolute Gasteiger partial charge is 0.507 e. The maximum absolute atomic E-state index is 10.4. The Morgan fingerprint density at radius 3 is 2.75 bits per heavy atom. The molecule has 0 aromatic heterocycles. The van der Waals surface area contributed by atoms with Crippen molar-refractivity contribution in [3.05, 3.63) is 35.4 Å². The van der Waals surface area contributed by atoms with Crippen molar-refractivity contribution in [1.82, 2.24) is 0 Å². The zero-order valence-corrected chi connectivity index (χ0v) is 12.9. The summed E-state index contributed by atoms with van der Waals surface area (Å²) >= 11 is 6.26. The molecule has 0 amide bonds. The average molecular weight is 290 g/mol. The number of rotatable bonds is 2. The number of anilines is 1. The van der Waals surface area contributed by atoms with E-state index in [1.807, 2.05) is 18.2 Å². The van der Waals surface area contributed by atoms with Crippen LogP contribution in [0.1, 0.15) is 30.9 Å². The highest BCUT2D eigenvalue weighted by Crippen LogP contribution is 2.48. The van der Waals surface area contributed by atoms with E-state index in [2.05, 4.69) is 31.7 Å². The van der Waals surface area contributed by atoms with Crippen LogP contribution >= 0.6 is 11.6 Å². The summed E-state index contributed by atoms with van der Waals surface area (Å²) in [6.45, 7) is 7.40. The van der Waals surface area contributed by atoms with Crippen molar-refractivity contribution in [3.63, 3.8) is 0 Å². The van der Waals surface area contributed by atoms with Crippen molar-refractivity contribution in [2.24, 2.45) is 0 Å². The van der Waals surface area contributed by atoms with Crippen molar-refractivity contribution >= 4 is 28.1 Å². The van der Waals surface area contributed by atoms with Crippen LogP contribution in [0.4, 0.5) is 5.69 Å². The molecule has 2 atom stereocenters. The average Bonchev–Trinajstić information content (AvgIpc) is 2.70. The van der Waals surface area contributed by atoms with E-state index < -0.39 is 0 Å². The van der Waals surface area contributed by atoms with Crippen LogP contribution in [-0.4, -0.2) is 23.6 Å². The Hall–Kier alpha value is -1.41. The number of nitrogens with zero attached hydrogens (tertiary/aromatic N) is 1. The summed E-state index contributed by atoms with van der Waals surface area (Å²) in [5.74, 6) is 1.29. The monoisotopic (exact) mass is 289 g/mol. The number of phenols is 1. The number of phenolic OH excluding ortho intramolecular Hbond substituents is 1. The van der Waals surface area contributed by atoms with Crippen LogP contribution in [-0.2, 0) is 0 Å². The van der Waals surface area contributed by atoms with Crippen molar-refractivity contribution in [3.8, 4) is 5.75 Å². The summed E-state index contributed by atoms with van der Waals surface area (Å²) < 4.78 is 0. The van der Waals surface area contributed by atoms with Crippen molar-refractivity contribution < 1.29 is 5.11 Å². The van der Waals surface area contributed by atoms with E-state index in [0.29, 0.717) is 23.6 Å². The fraction of sp³-hybridized carbons (Fsp3) is 0.412. The van der Waals surface area contributed by atoms with Crippen LogP contribution in [0.15, 0.2) is 24.3 Å². The van der Waals surface area contributed by atoms with Gasteiger partial charge in [-0.15, -0.1) is 11.6 Å². The molecule has 0 fully saturated rings. The predicted octanol–water partition coefficient (Wildman–Crippen LogP) is 4.40. The molecule has 1 aliphatic rings. The fourth-order valence-electron chi connectivity index (χ4n) is 3.61. The van der Waals surface area contributed by atoms with Crippen LogP contribution in [0.3, 0.4) is 0 Å². The van der Waals surface area contributed by atoms with E-state index in [0.717, 1.165) is 17.6 Å². The highest BCUT2D eigenvalue weighted by molar-refractivity contribution is 6.19. The number of likely N-dealkylation sites (N-methyl/N-ethyl adjacent to an activating group) is 1. The van der Waals surface area contributed by atoms with Gasteiger partial charge in [0.2, 0.25) is 0 Å². The molecule has 0 bridgehead atoms. The van der Waals surface area contributed by atoms with Gasteiger partial charge in [-0.25, -0.2) is 0 Å². The van der Waals surface area contributed by atoms with Gasteiger partial charge in [0.25, 0.3) is 0 Å². The minimum atomic E-state index is 0.316. The van der Waals surface area contributed by atoms with Crippen LogP contribution in [0.5, 0.6) is 5.75 Å². The second-order valence-electron chi connectivity index (χ2n) is 5.61. The first kappa shape index (κ1) is 13.6. The summed E-state index contributed by atoms with van der Waals surface area (Å²) in [6, 6.07) is 8.37. The van der Waals surface area contributed by atoms with Gasteiger partial charge in [0.1, 0.15) is 5.75 Å². The third-order valence-corrected chi connectivity index (χ3v) is 4.96. The lowest BCUT2D eigenvalue weighted by Crippen LogP contribution is -2.31. The smallest absolute Gasteiger partial charge is 0.125 e. The summed E-state index contributed by atoms with van der Waals surface area (Å²) in [6.07, 6.45) is 0. The maximum Gasteiger partial charge on any atom is 0.125 e. The lowest BCUT2D eigenvalue weighted by Gasteiger charge is -2.25. The van der Waals surface area contributed by atoms with E-state index in [4.69, 9.17) is 11.6 Å². The number of fused-ring (bicyclic) bond motifs is 3. The normalized spacial score (nSPS) is 21.5. The third-order valence-electron chi connectivity index (χ3n) is 4.63. The number of alkyl halides is 1. The molecule has 0 saturated carbocycles. The Morgan fingerprint density at radius 1 is 1.35 bits per heavy atom. The zero-order valence-electron chi connectivity index (χ0n) is 12.2. The van der Waals surface area contributed by atoms with Crippen LogP contribution in [0.25, 0.3) is 10.8 Å². The molecule has 3 heteroatoms. The minimum absolute atomic E-state index is 0.316. The van der Waals surface area contributed by atoms with Crippen LogP contribution < -0.4 is 4.90 Å². The van der Waals surface area contributed by atoms with E-state index >= 15 is 0 Å². The number of aryl methyl sites for hydroxylation is 1. The van der Waals surface area contributed by atoms with E-state index in [1.54, 1.807) is 0 Å². The molecule has 1 heterocycles. The summed E-state index contributed by atoms with van der Waals surface area (Å²) in [7, 11) is 0. The highest BCUT2D eigenvalue weighted by Gasteiger charge is 2.36. The van der Waals surface area contributed by atoms with Crippen LogP contribution in [0, 0.1) is 6.92 Å². The van der Waals surface area contributed by atoms with Gasteiger partial charge in [0.05, 0.1) is 0 Å². The minimum Gasteiger partial charge on any atom is -0.507 e. The van der Waals surface area contributed by atoms with Gasteiger partial charge in [-0.3, -0.25) is 0 Å². The number of hydrogen-bond acceptors (Lipinski definition) is 2. The van der Waals surface area contributed by atoms with Crippen LogP contribution in [0.2, 0.25) is 0 Å². The highest BCUT2D eigenvalue weighted by atomic mass is 35.5. The lowest BCUT2D eigenvalue weighted by atomic mass is 9.90. The Morgan fingerprint density at radius 2 is 2.10 bits per heavy atom. The van der Waals surface area contributed by atoms with Crippen molar-refractivity contribution in [1.29, 1.82) is 0 Å².